The molecule has 0 spiro atoms. The largest absolute Gasteiger partial charge is 0.399 e. The molecule has 0 aliphatic heterocycles. The number of aryl methyl sites for hydroxylation is 1. The molecule has 0 unspecified atom stereocenters. The van der Waals surface area contributed by atoms with Gasteiger partial charge in [-0.3, -0.25) is 0 Å². The van der Waals surface area contributed by atoms with Gasteiger partial charge in [-0.2, -0.15) is 0 Å². The summed E-state index contributed by atoms with van der Waals surface area (Å²) >= 11 is 0. The van der Waals surface area contributed by atoms with Crippen LogP contribution in [0, 0.1) is 0 Å². The van der Waals surface area contributed by atoms with Crippen LogP contribution in [0.5, 0.6) is 0 Å². The number of hydrogen-bond donors (Lipinski definition) is 2. The van der Waals surface area contributed by atoms with Gasteiger partial charge in [0.2, 0.25) is 10.0 Å². The molecule has 0 fully saturated rings. The normalized spacial score (nSPS) is 12.4. The Bertz CT molecular complexity index is 719. The summed E-state index contributed by atoms with van der Waals surface area (Å²) in [6, 6.07) is 5.50. The molecule has 0 amide bonds. The van der Waals surface area contributed by atoms with Gasteiger partial charge in [-0.15, -0.1) is 0 Å². The summed E-state index contributed by atoms with van der Waals surface area (Å²) in [5.74, 6) is 1.11. The molecule has 2 aromatic rings. The van der Waals surface area contributed by atoms with Crippen LogP contribution >= 0.6 is 0 Å². The van der Waals surface area contributed by atoms with Gasteiger partial charge in [0.15, 0.2) is 0 Å². The van der Waals surface area contributed by atoms with Gasteiger partial charge in [0.05, 0.1) is 16.8 Å². The van der Waals surface area contributed by atoms with E-state index in [0.29, 0.717) is 12.2 Å². The lowest BCUT2D eigenvalue weighted by Crippen LogP contribution is -2.25. The van der Waals surface area contributed by atoms with Crippen LogP contribution in [-0.4, -0.2) is 30.8 Å². The standard InChI is InChI=1S/C13H20N4O2S/c1-9(2)13-16-11-8-10(14)4-5-12(11)17(13)6-7-20(18,19)15-3/h4-5,8-9,15H,6-7,14H2,1-3H3. The molecule has 1 aromatic carbocycles. The molecule has 0 saturated carbocycles. The quantitative estimate of drug-likeness (QED) is 0.814. The molecule has 1 heterocycles. The second-order valence-electron chi connectivity index (χ2n) is 5.05. The molecule has 0 aliphatic rings. The molecule has 0 aliphatic carbocycles. The van der Waals surface area contributed by atoms with E-state index in [0.717, 1.165) is 16.9 Å². The fourth-order valence-electron chi connectivity index (χ4n) is 2.15. The molecule has 0 bridgehead atoms. The fraction of sp³-hybridized carbons (Fsp3) is 0.462. The van der Waals surface area contributed by atoms with Crippen molar-refractivity contribution >= 4 is 26.7 Å². The lowest BCUT2D eigenvalue weighted by atomic mass is 10.2. The Balaban J connectivity index is 2.46. The molecular formula is C13H20N4O2S. The van der Waals surface area contributed by atoms with Gasteiger partial charge in [0.1, 0.15) is 5.82 Å². The minimum atomic E-state index is -3.24. The highest BCUT2D eigenvalue weighted by molar-refractivity contribution is 7.89. The van der Waals surface area contributed by atoms with Crippen LogP contribution in [0.2, 0.25) is 0 Å². The summed E-state index contributed by atoms with van der Waals surface area (Å²) in [5, 5.41) is 0. The Morgan fingerprint density at radius 1 is 1.40 bits per heavy atom. The van der Waals surface area contributed by atoms with E-state index in [4.69, 9.17) is 5.73 Å². The predicted octanol–water partition coefficient (Wildman–Crippen LogP) is 1.29. The van der Waals surface area contributed by atoms with E-state index in [1.54, 1.807) is 6.07 Å². The number of fused-ring (bicyclic) bond motifs is 1. The molecule has 110 valence electrons. The third-order valence-electron chi connectivity index (χ3n) is 3.21. The highest BCUT2D eigenvalue weighted by Gasteiger charge is 2.16. The third kappa shape index (κ3) is 2.94. The van der Waals surface area contributed by atoms with Crippen LogP contribution in [0.1, 0.15) is 25.6 Å². The smallest absolute Gasteiger partial charge is 0.213 e. The number of rotatable bonds is 5. The van der Waals surface area contributed by atoms with Crippen LogP contribution in [0.15, 0.2) is 18.2 Å². The number of sulfonamides is 1. The topological polar surface area (TPSA) is 90.0 Å². The zero-order valence-corrected chi connectivity index (χ0v) is 12.7. The molecular weight excluding hydrogens is 276 g/mol. The SMILES string of the molecule is CNS(=O)(=O)CCn1c(C(C)C)nc2cc(N)ccc21. The lowest BCUT2D eigenvalue weighted by molar-refractivity contribution is 0.578. The third-order valence-corrected chi connectivity index (χ3v) is 4.55. The Hall–Kier alpha value is -1.60. The first kappa shape index (κ1) is 14.8. The molecule has 2 rings (SSSR count). The van der Waals surface area contributed by atoms with Crippen LogP contribution < -0.4 is 10.5 Å². The van der Waals surface area contributed by atoms with Gasteiger partial charge < -0.3 is 10.3 Å². The Morgan fingerprint density at radius 3 is 2.70 bits per heavy atom. The van der Waals surface area contributed by atoms with E-state index in [9.17, 15) is 8.42 Å². The molecule has 0 saturated heterocycles. The summed E-state index contributed by atoms with van der Waals surface area (Å²) in [4.78, 5) is 4.57. The number of anilines is 1. The second-order valence-corrected chi connectivity index (χ2v) is 7.09. The van der Waals surface area contributed by atoms with Gasteiger partial charge in [0, 0.05) is 18.2 Å². The highest BCUT2D eigenvalue weighted by Crippen LogP contribution is 2.23. The molecule has 1 aromatic heterocycles. The highest BCUT2D eigenvalue weighted by atomic mass is 32.2. The Labute approximate surface area is 119 Å². The minimum Gasteiger partial charge on any atom is -0.399 e. The number of imidazole rings is 1. The zero-order chi connectivity index (χ0) is 14.9. The van der Waals surface area contributed by atoms with Crippen molar-refractivity contribution in [1.82, 2.24) is 14.3 Å². The van der Waals surface area contributed by atoms with Gasteiger partial charge in [-0.05, 0) is 25.2 Å². The van der Waals surface area contributed by atoms with Crippen molar-refractivity contribution < 1.29 is 8.42 Å². The maximum absolute atomic E-state index is 11.6. The number of nitrogens with two attached hydrogens (primary N) is 1. The lowest BCUT2D eigenvalue weighted by Gasteiger charge is -2.11. The average Bonchev–Trinajstić information content (AvgIpc) is 2.74. The van der Waals surface area contributed by atoms with Crippen LogP contribution in [0.4, 0.5) is 5.69 Å². The van der Waals surface area contributed by atoms with Gasteiger partial charge >= 0.3 is 0 Å². The number of benzene rings is 1. The number of aromatic nitrogens is 2. The molecule has 0 radical (unpaired) electrons. The number of nitrogens with zero attached hydrogens (tertiary/aromatic N) is 2. The van der Waals surface area contributed by atoms with Crippen molar-refractivity contribution in [2.45, 2.75) is 26.3 Å². The number of nitrogens with one attached hydrogen (secondary N) is 1. The predicted molar refractivity (Wildman–Crippen MR) is 81.1 cm³/mol. The molecule has 0 atom stereocenters. The van der Waals surface area contributed by atoms with E-state index in [1.165, 1.54) is 7.05 Å². The van der Waals surface area contributed by atoms with Gasteiger partial charge in [0.25, 0.3) is 0 Å². The zero-order valence-electron chi connectivity index (χ0n) is 11.9. The Morgan fingerprint density at radius 2 is 2.10 bits per heavy atom. The summed E-state index contributed by atoms with van der Waals surface area (Å²) in [5.41, 5.74) is 8.13. The second kappa shape index (κ2) is 5.41. The summed E-state index contributed by atoms with van der Waals surface area (Å²) in [6.45, 7) is 4.44. The maximum Gasteiger partial charge on any atom is 0.213 e. The van der Waals surface area contributed by atoms with E-state index >= 15 is 0 Å². The molecule has 3 N–H and O–H groups in total. The summed E-state index contributed by atoms with van der Waals surface area (Å²) in [6.07, 6.45) is 0. The Kier molecular flexibility index (Phi) is 4.01. The van der Waals surface area contributed by atoms with E-state index in [1.807, 2.05) is 30.5 Å². The number of hydrogen-bond acceptors (Lipinski definition) is 4. The molecule has 6 nitrogen and oxygen atoms in total. The number of nitrogen functional groups attached to an aromatic ring is 1. The van der Waals surface area contributed by atoms with Crippen molar-refractivity contribution in [2.75, 3.05) is 18.5 Å². The minimum absolute atomic E-state index is 0.0268. The maximum atomic E-state index is 11.6. The summed E-state index contributed by atoms with van der Waals surface area (Å²) < 4.78 is 27.5. The monoisotopic (exact) mass is 296 g/mol. The van der Waals surface area contributed by atoms with Crippen molar-refractivity contribution in [3.63, 3.8) is 0 Å². The van der Waals surface area contributed by atoms with E-state index in [-0.39, 0.29) is 11.7 Å². The fourth-order valence-corrected chi connectivity index (χ4v) is 2.78. The van der Waals surface area contributed by atoms with Crippen molar-refractivity contribution in [2.24, 2.45) is 0 Å². The van der Waals surface area contributed by atoms with Gasteiger partial charge in [-0.1, -0.05) is 13.8 Å². The van der Waals surface area contributed by atoms with Gasteiger partial charge in [-0.25, -0.2) is 18.1 Å². The molecule has 7 heteroatoms. The molecule has 20 heavy (non-hydrogen) atoms. The van der Waals surface area contributed by atoms with E-state index in [2.05, 4.69) is 9.71 Å². The first-order valence-electron chi connectivity index (χ1n) is 6.51. The first-order chi connectivity index (χ1) is 9.34. The van der Waals surface area contributed by atoms with Crippen molar-refractivity contribution in [3.05, 3.63) is 24.0 Å². The average molecular weight is 296 g/mol. The van der Waals surface area contributed by atoms with E-state index < -0.39 is 10.0 Å². The van der Waals surface area contributed by atoms with Crippen molar-refractivity contribution in [3.8, 4) is 0 Å². The van der Waals surface area contributed by atoms with Crippen LogP contribution in [0.25, 0.3) is 11.0 Å². The van der Waals surface area contributed by atoms with Crippen LogP contribution in [-0.2, 0) is 16.6 Å². The first-order valence-corrected chi connectivity index (χ1v) is 8.16. The van der Waals surface area contributed by atoms with Crippen molar-refractivity contribution in [1.29, 1.82) is 0 Å². The van der Waals surface area contributed by atoms with Crippen LogP contribution in [0.3, 0.4) is 0 Å². The summed E-state index contributed by atoms with van der Waals surface area (Å²) in [7, 11) is -1.82.